The molecule has 2 aromatic rings. The SMILES string of the molecule is ClCc1csc(CCCOCc2ccco2)n1. The molecule has 0 N–H and O–H groups in total. The third-order valence-corrected chi connectivity index (χ3v) is 3.47. The molecule has 2 aromatic heterocycles. The number of thiazole rings is 1. The van der Waals surface area contributed by atoms with Crippen LogP contribution in [0.3, 0.4) is 0 Å². The zero-order chi connectivity index (χ0) is 11.9. The molecule has 0 fully saturated rings. The molecule has 0 unspecified atom stereocenters. The fraction of sp³-hybridized carbons (Fsp3) is 0.417. The lowest BCUT2D eigenvalue weighted by molar-refractivity contribution is 0.104. The largest absolute Gasteiger partial charge is 0.467 e. The average Bonchev–Trinajstić information content (AvgIpc) is 2.99. The summed E-state index contributed by atoms with van der Waals surface area (Å²) >= 11 is 7.35. The van der Waals surface area contributed by atoms with Gasteiger partial charge in [0, 0.05) is 18.4 Å². The van der Waals surface area contributed by atoms with E-state index in [4.69, 9.17) is 20.8 Å². The summed E-state index contributed by atoms with van der Waals surface area (Å²) in [6, 6.07) is 3.77. The molecule has 0 saturated heterocycles. The van der Waals surface area contributed by atoms with Crippen molar-refractivity contribution < 1.29 is 9.15 Å². The van der Waals surface area contributed by atoms with Crippen LogP contribution in [-0.4, -0.2) is 11.6 Å². The van der Waals surface area contributed by atoms with E-state index in [1.54, 1.807) is 17.6 Å². The Bertz CT molecular complexity index is 427. The van der Waals surface area contributed by atoms with Crippen LogP contribution in [0.25, 0.3) is 0 Å². The zero-order valence-corrected chi connectivity index (χ0v) is 11.0. The van der Waals surface area contributed by atoms with Crippen molar-refractivity contribution in [1.82, 2.24) is 4.98 Å². The van der Waals surface area contributed by atoms with Crippen LogP contribution in [0.1, 0.15) is 22.9 Å². The number of nitrogens with zero attached hydrogens (tertiary/aromatic N) is 1. The molecule has 92 valence electrons. The molecule has 5 heteroatoms. The second kappa shape index (κ2) is 6.79. The molecule has 17 heavy (non-hydrogen) atoms. The normalized spacial score (nSPS) is 10.9. The first-order chi connectivity index (χ1) is 8.38. The van der Waals surface area contributed by atoms with E-state index >= 15 is 0 Å². The summed E-state index contributed by atoms with van der Waals surface area (Å²) in [5, 5.41) is 3.13. The van der Waals surface area contributed by atoms with Gasteiger partial charge in [-0.15, -0.1) is 22.9 Å². The van der Waals surface area contributed by atoms with Gasteiger partial charge in [0.1, 0.15) is 12.4 Å². The Morgan fingerprint density at radius 2 is 2.41 bits per heavy atom. The number of halogens is 1. The van der Waals surface area contributed by atoms with E-state index in [-0.39, 0.29) is 0 Å². The fourth-order valence-corrected chi connectivity index (χ4v) is 2.49. The Morgan fingerprint density at radius 1 is 1.47 bits per heavy atom. The van der Waals surface area contributed by atoms with Gasteiger partial charge in [-0.25, -0.2) is 4.98 Å². The molecule has 0 bridgehead atoms. The Hall–Kier alpha value is -0.840. The van der Waals surface area contributed by atoms with Gasteiger partial charge in [-0.3, -0.25) is 0 Å². The van der Waals surface area contributed by atoms with Crippen LogP contribution in [0.2, 0.25) is 0 Å². The Morgan fingerprint density at radius 3 is 3.12 bits per heavy atom. The van der Waals surface area contributed by atoms with Gasteiger partial charge in [-0.1, -0.05) is 0 Å². The molecule has 0 atom stereocenters. The Kier molecular flexibility index (Phi) is 5.04. The van der Waals surface area contributed by atoms with Crippen molar-refractivity contribution >= 4 is 22.9 Å². The summed E-state index contributed by atoms with van der Waals surface area (Å²) in [6.07, 6.45) is 3.57. The molecule has 0 aromatic carbocycles. The minimum atomic E-state index is 0.492. The minimum absolute atomic E-state index is 0.492. The van der Waals surface area contributed by atoms with Gasteiger partial charge < -0.3 is 9.15 Å². The molecule has 2 heterocycles. The number of furan rings is 1. The average molecular weight is 272 g/mol. The highest BCUT2D eigenvalue weighted by molar-refractivity contribution is 7.09. The van der Waals surface area contributed by atoms with Crippen molar-refractivity contribution in [1.29, 1.82) is 0 Å². The first-order valence-corrected chi connectivity index (χ1v) is 6.89. The van der Waals surface area contributed by atoms with Gasteiger partial charge in [-0.2, -0.15) is 0 Å². The molecule has 0 radical (unpaired) electrons. The van der Waals surface area contributed by atoms with Crippen LogP contribution in [0.4, 0.5) is 0 Å². The molecule has 0 aliphatic heterocycles. The lowest BCUT2D eigenvalue weighted by Gasteiger charge is -2.00. The van der Waals surface area contributed by atoms with Gasteiger partial charge in [0.2, 0.25) is 0 Å². The lowest BCUT2D eigenvalue weighted by atomic mass is 10.3. The van der Waals surface area contributed by atoms with Crippen molar-refractivity contribution in [3.05, 3.63) is 40.2 Å². The van der Waals surface area contributed by atoms with Crippen molar-refractivity contribution in [2.45, 2.75) is 25.3 Å². The third kappa shape index (κ3) is 4.15. The van der Waals surface area contributed by atoms with E-state index in [1.165, 1.54) is 0 Å². The molecule has 0 aliphatic rings. The molecule has 3 nitrogen and oxygen atoms in total. The maximum absolute atomic E-state index is 5.69. The summed E-state index contributed by atoms with van der Waals surface area (Å²) in [5.41, 5.74) is 0.961. The summed E-state index contributed by atoms with van der Waals surface area (Å²) in [6.45, 7) is 1.26. The number of rotatable bonds is 7. The molecule has 0 aliphatic carbocycles. The zero-order valence-electron chi connectivity index (χ0n) is 9.39. The minimum Gasteiger partial charge on any atom is -0.467 e. The van der Waals surface area contributed by atoms with E-state index < -0.39 is 0 Å². The molecular weight excluding hydrogens is 258 g/mol. The van der Waals surface area contributed by atoms with Crippen molar-refractivity contribution in [3.63, 3.8) is 0 Å². The first kappa shape index (κ1) is 12.6. The topological polar surface area (TPSA) is 35.3 Å². The van der Waals surface area contributed by atoms with Crippen molar-refractivity contribution in [2.24, 2.45) is 0 Å². The van der Waals surface area contributed by atoms with Gasteiger partial charge in [0.25, 0.3) is 0 Å². The summed E-state index contributed by atoms with van der Waals surface area (Å²) < 4.78 is 10.7. The Balaban J connectivity index is 1.60. The Labute approximate surface area is 109 Å². The number of aromatic nitrogens is 1. The van der Waals surface area contributed by atoms with E-state index in [9.17, 15) is 0 Å². The number of aryl methyl sites for hydroxylation is 1. The van der Waals surface area contributed by atoms with Crippen LogP contribution in [0, 0.1) is 0 Å². The fourth-order valence-electron chi connectivity index (χ4n) is 1.42. The molecular formula is C12H14ClNO2S. The predicted molar refractivity (Wildman–Crippen MR) is 68.4 cm³/mol. The van der Waals surface area contributed by atoms with Crippen molar-refractivity contribution in [2.75, 3.05) is 6.61 Å². The highest BCUT2D eigenvalue weighted by Gasteiger charge is 2.01. The smallest absolute Gasteiger partial charge is 0.129 e. The van der Waals surface area contributed by atoms with Crippen LogP contribution >= 0.6 is 22.9 Å². The van der Waals surface area contributed by atoms with Crippen molar-refractivity contribution in [3.8, 4) is 0 Å². The summed E-state index contributed by atoms with van der Waals surface area (Å²) in [5.74, 6) is 1.36. The summed E-state index contributed by atoms with van der Waals surface area (Å²) in [7, 11) is 0. The summed E-state index contributed by atoms with van der Waals surface area (Å²) in [4.78, 5) is 4.39. The van der Waals surface area contributed by atoms with E-state index in [2.05, 4.69) is 4.98 Å². The molecule has 0 amide bonds. The van der Waals surface area contributed by atoms with E-state index in [0.29, 0.717) is 12.5 Å². The van der Waals surface area contributed by atoms with Crippen LogP contribution in [-0.2, 0) is 23.6 Å². The van der Waals surface area contributed by atoms with E-state index in [1.807, 2.05) is 17.5 Å². The van der Waals surface area contributed by atoms with Crippen LogP contribution < -0.4 is 0 Å². The van der Waals surface area contributed by atoms with Gasteiger partial charge in [-0.05, 0) is 18.6 Å². The number of hydrogen-bond acceptors (Lipinski definition) is 4. The predicted octanol–water partition coefficient (Wildman–Crippen LogP) is 3.62. The standard InChI is InChI=1S/C12H14ClNO2S/c13-7-10-9-17-12(14-10)4-2-5-15-8-11-3-1-6-16-11/h1,3,6,9H,2,4-5,7-8H2. The third-order valence-electron chi connectivity index (χ3n) is 2.24. The number of hydrogen-bond donors (Lipinski definition) is 0. The monoisotopic (exact) mass is 271 g/mol. The van der Waals surface area contributed by atoms with Gasteiger partial charge >= 0.3 is 0 Å². The highest BCUT2D eigenvalue weighted by atomic mass is 35.5. The second-order valence-corrected chi connectivity index (χ2v) is 4.81. The van der Waals surface area contributed by atoms with E-state index in [0.717, 1.165) is 35.9 Å². The molecule has 0 saturated carbocycles. The maximum atomic E-state index is 5.69. The molecule has 0 spiro atoms. The second-order valence-electron chi connectivity index (χ2n) is 3.60. The maximum Gasteiger partial charge on any atom is 0.129 e. The highest BCUT2D eigenvalue weighted by Crippen LogP contribution is 2.13. The van der Waals surface area contributed by atoms with Gasteiger partial charge in [0.15, 0.2) is 0 Å². The first-order valence-electron chi connectivity index (χ1n) is 5.48. The lowest BCUT2D eigenvalue weighted by Crippen LogP contribution is -1.96. The van der Waals surface area contributed by atoms with Crippen LogP contribution in [0.5, 0.6) is 0 Å². The quantitative estimate of drug-likeness (QED) is 0.570. The van der Waals surface area contributed by atoms with Gasteiger partial charge in [0.05, 0.1) is 22.8 Å². The number of ether oxygens (including phenoxy) is 1. The van der Waals surface area contributed by atoms with Crippen LogP contribution in [0.15, 0.2) is 28.2 Å². The number of alkyl halides is 1. The molecule has 2 rings (SSSR count).